The molecular formula is C22H25F3N2O. The van der Waals surface area contributed by atoms with Crippen molar-refractivity contribution in [1.82, 2.24) is 5.32 Å². The number of hydrogen-bond acceptors (Lipinski definition) is 2. The molecule has 0 fully saturated rings. The van der Waals surface area contributed by atoms with Crippen molar-refractivity contribution < 1.29 is 18.0 Å². The number of rotatable bonds is 8. The normalized spacial score (nSPS) is 12.2. The lowest BCUT2D eigenvalue weighted by Gasteiger charge is -2.14. The molecule has 2 aromatic carbocycles. The van der Waals surface area contributed by atoms with Crippen LogP contribution < -0.4 is 10.6 Å². The zero-order valence-corrected chi connectivity index (χ0v) is 16.3. The molecular weight excluding hydrogens is 365 g/mol. The van der Waals surface area contributed by atoms with Crippen LogP contribution in [0.1, 0.15) is 49.4 Å². The van der Waals surface area contributed by atoms with Gasteiger partial charge in [0.2, 0.25) is 5.91 Å². The lowest BCUT2D eigenvalue weighted by atomic mass is 10.1. The van der Waals surface area contributed by atoms with Crippen LogP contribution in [0.3, 0.4) is 0 Å². The van der Waals surface area contributed by atoms with Crippen LogP contribution in [0.2, 0.25) is 0 Å². The van der Waals surface area contributed by atoms with Gasteiger partial charge in [-0.25, -0.2) is 13.2 Å². The van der Waals surface area contributed by atoms with E-state index in [-0.39, 0.29) is 11.4 Å². The molecule has 0 spiro atoms. The van der Waals surface area contributed by atoms with Crippen LogP contribution >= 0.6 is 0 Å². The van der Waals surface area contributed by atoms with Crippen molar-refractivity contribution in [2.24, 2.45) is 0 Å². The molecule has 6 heteroatoms. The van der Waals surface area contributed by atoms with Gasteiger partial charge < -0.3 is 10.6 Å². The summed E-state index contributed by atoms with van der Waals surface area (Å²) >= 11 is 0. The SMILES string of the molecule is CCCCNc1cc(F)ccc1/C=C/C(=O)N[C@H](C)c1cc(F)c(C)c(F)c1. The molecule has 0 aromatic heterocycles. The highest BCUT2D eigenvalue weighted by atomic mass is 19.1. The fraction of sp³-hybridized carbons (Fsp3) is 0.318. The predicted octanol–water partition coefficient (Wildman–Crippen LogP) is 5.51. The first-order chi connectivity index (χ1) is 13.3. The minimum Gasteiger partial charge on any atom is -0.384 e. The summed E-state index contributed by atoms with van der Waals surface area (Å²) in [6.45, 7) is 5.76. The number of benzene rings is 2. The molecule has 0 heterocycles. The van der Waals surface area contributed by atoms with Crippen LogP contribution in [0.25, 0.3) is 6.08 Å². The lowest BCUT2D eigenvalue weighted by molar-refractivity contribution is -0.117. The van der Waals surface area contributed by atoms with Crippen LogP contribution in [0, 0.1) is 24.4 Å². The monoisotopic (exact) mass is 390 g/mol. The fourth-order valence-corrected chi connectivity index (χ4v) is 2.65. The first kappa shape index (κ1) is 21.5. The molecule has 0 unspecified atom stereocenters. The Labute approximate surface area is 163 Å². The summed E-state index contributed by atoms with van der Waals surface area (Å²) in [6, 6.07) is 6.14. The third-order valence-electron chi connectivity index (χ3n) is 4.44. The van der Waals surface area contributed by atoms with Gasteiger partial charge in [0.05, 0.1) is 6.04 Å². The van der Waals surface area contributed by atoms with Gasteiger partial charge in [0, 0.05) is 23.9 Å². The maximum atomic E-state index is 13.7. The van der Waals surface area contributed by atoms with Gasteiger partial charge in [0.25, 0.3) is 0 Å². The van der Waals surface area contributed by atoms with Gasteiger partial charge in [0.15, 0.2) is 0 Å². The van der Waals surface area contributed by atoms with Crippen LogP contribution in [-0.2, 0) is 4.79 Å². The van der Waals surface area contributed by atoms with Gasteiger partial charge in [-0.3, -0.25) is 4.79 Å². The van der Waals surface area contributed by atoms with Crippen molar-refractivity contribution in [3.8, 4) is 0 Å². The summed E-state index contributed by atoms with van der Waals surface area (Å²) in [4.78, 5) is 12.2. The molecule has 28 heavy (non-hydrogen) atoms. The molecule has 0 bridgehead atoms. The third kappa shape index (κ3) is 5.87. The van der Waals surface area contributed by atoms with Crippen LogP contribution in [0.5, 0.6) is 0 Å². The highest BCUT2D eigenvalue weighted by molar-refractivity contribution is 5.92. The number of nitrogens with one attached hydrogen (secondary N) is 2. The molecule has 0 saturated carbocycles. The molecule has 0 saturated heterocycles. The van der Waals surface area contributed by atoms with Crippen molar-refractivity contribution in [3.63, 3.8) is 0 Å². The van der Waals surface area contributed by atoms with Crippen LogP contribution in [-0.4, -0.2) is 12.5 Å². The summed E-state index contributed by atoms with van der Waals surface area (Å²) < 4.78 is 40.9. The van der Waals surface area contributed by atoms with Crippen molar-refractivity contribution in [2.75, 3.05) is 11.9 Å². The van der Waals surface area contributed by atoms with Crippen molar-refractivity contribution in [2.45, 2.75) is 39.7 Å². The topological polar surface area (TPSA) is 41.1 Å². The second kappa shape index (κ2) is 9.97. The van der Waals surface area contributed by atoms with Gasteiger partial charge in [-0.15, -0.1) is 0 Å². The van der Waals surface area contributed by atoms with E-state index in [9.17, 15) is 18.0 Å². The number of hydrogen-bond donors (Lipinski definition) is 2. The number of carbonyl (C=O) groups is 1. The largest absolute Gasteiger partial charge is 0.384 e. The van der Waals surface area contributed by atoms with E-state index in [0.717, 1.165) is 12.8 Å². The number of amides is 1. The number of anilines is 1. The van der Waals surface area contributed by atoms with E-state index in [0.29, 0.717) is 23.4 Å². The highest BCUT2D eigenvalue weighted by Gasteiger charge is 2.13. The molecule has 2 aromatic rings. The molecule has 2 rings (SSSR count). The maximum Gasteiger partial charge on any atom is 0.244 e. The van der Waals surface area contributed by atoms with Gasteiger partial charge in [-0.1, -0.05) is 13.3 Å². The first-order valence-electron chi connectivity index (χ1n) is 9.29. The van der Waals surface area contributed by atoms with E-state index >= 15 is 0 Å². The Kier molecular flexibility index (Phi) is 7.67. The summed E-state index contributed by atoms with van der Waals surface area (Å²) in [6.07, 6.45) is 4.84. The molecule has 0 aliphatic heterocycles. The van der Waals surface area contributed by atoms with E-state index in [2.05, 4.69) is 17.6 Å². The first-order valence-corrected chi connectivity index (χ1v) is 9.29. The van der Waals surface area contributed by atoms with Gasteiger partial charge in [-0.2, -0.15) is 0 Å². The number of unbranched alkanes of at least 4 members (excludes halogenated alkanes) is 1. The molecule has 1 atom stereocenters. The van der Waals surface area contributed by atoms with Gasteiger partial charge in [-0.05, 0) is 67.8 Å². The van der Waals surface area contributed by atoms with E-state index < -0.39 is 23.6 Å². The van der Waals surface area contributed by atoms with Crippen molar-refractivity contribution >= 4 is 17.7 Å². The van der Waals surface area contributed by atoms with E-state index in [1.54, 1.807) is 19.1 Å². The standard InChI is InChI=1S/C22H25F3N2O/c1-4-5-10-26-21-13-18(23)8-6-16(21)7-9-22(28)27-15(3)17-11-19(24)14(2)20(25)12-17/h6-9,11-13,15,26H,4-5,10H2,1-3H3,(H,27,28)/b9-7+/t15-/m1/s1. The molecule has 3 nitrogen and oxygen atoms in total. The second-order valence-electron chi connectivity index (χ2n) is 6.69. The van der Waals surface area contributed by atoms with Crippen LogP contribution in [0.4, 0.5) is 18.9 Å². The molecule has 150 valence electrons. The number of carbonyl (C=O) groups excluding carboxylic acids is 1. The smallest absolute Gasteiger partial charge is 0.244 e. The summed E-state index contributed by atoms with van der Waals surface area (Å²) in [5.74, 6) is -2.09. The Hall–Kier alpha value is -2.76. The molecule has 0 aliphatic carbocycles. The molecule has 1 amide bonds. The zero-order chi connectivity index (χ0) is 20.7. The Balaban J connectivity index is 2.07. The quantitative estimate of drug-likeness (QED) is 0.461. The predicted molar refractivity (Wildman–Crippen MR) is 106 cm³/mol. The maximum absolute atomic E-state index is 13.7. The minimum absolute atomic E-state index is 0.0541. The summed E-state index contributed by atoms with van der Waals surface area (Å²) in [7, 11) is 0. The average Bonchev–Trinajstić information content (AvgIpc) is 2.65. The van der Waals surface area contributed by atoms with E-state index in [4.69, 9.17) is 0 Å². The lowest BCUT2D eigenvalue weighted by Crippen LogP contribution is -2.25. The Morgan fingerprint density at radius 2 is 1.82 bits per heavy atom. The minimum atomic E-state index is -0.652. The number of halogens is 3. The zero-order valence-electron chi connectivity index (χ0n) is 16.3. The molecule has 0 aliphatic rings. The summed E-state index contributed by atoms with van der Waals surface area (Å²) in [5.41, 5.74) is 1.56. The second-order valence-corrected chi connectivity index (χ2v) is 6.69. The van der Waals surface area contributed by atoms with Gasteiger partial charge in [0.1, 0.15) is 17.5 Å². The molecule has 2 N–H and O–H groups in total. The Morgan fingerprint density at radius 3 is 2.46 bits per heavy atom. The third-order valence-corrected chi connectivity index (χ3v) is 4.44. The van der Waals surface area contributed by atoms with Crippen molar-refractivity contribution in [1.29, 1.82) is 0 Å². The van der Waals surface area contributed by atoms with Crippen LogP contribution in [0.15, 0.2) is 36.4 Å². The summed E-state index contributed by atoms with van der Waals surface area (Å²) in [5, 5.41) is 5.83. The van der Waals surface area contributed by atoms with Gasteiger partial charge >= 0.3 is 0 Å². The van der Waals surface area contributed by atoms with Crippen molar-refractivity contribution in [3.05, 3.63) is 70.5 Å². The van der Waals surface area contributed by atoms with E-state index in [1.165, 1.54) is 37.3 Å². The van der Waals surface area contributed by atoms with E-state index in [1.807, 2.05) is 0 Å². The highest BCUT2D eigenvalue weighted by Crippen LogP contribution is 2.21. The average molecular weight is 390 g/mol. The fourth-order valence-electron chi connectivity index (χ4n) is 2.65. The molecule has 0 radical (unpaired) electrons. The Morgan fingerprint density at radius 1 is 1.14 bits per heavy atom. The Bertz CT molecular complexity index is 842.